The van der Waals surface area contributed by atoms with Crippen LogP contribution in [0.5, 0.6) is 5.75 Å². The Morgan fingerprint density at radius 3 is 2.81 bits per heavy atom. The second-order valence-corrected chi connectivity index (χ2v) is 9.77. The predicted molar refractivity (Wildman–Crippen MR) is 132 cm³/mol. The Hall–Kier alpha value is -3.66. The van der Waals surface area contributed by atoms with E-state index >= 15 is 0 Å². The number of rotatable bonds is 6. The minimum atomic E-state index is -0.644. The van der Waals surface area contributed by atoms with Gasteiger partial charge in [-0.25, -0.2) is 4.98 Å². The summed E-state index contributed by atoms with van der Waals surface area (Å²) in [7, 11) is 0. The molecule has 9 nitrogen and oxygen atoms in total. The largest absolute Gasteiger partial charge is 0.488 e. The van der Waals surface area contributed by atoms with E-state index in [1.807, 2.05) is 28.8 Å². The first-order chi connectivity index (χ1) is 17.5. The van der Waals surface area contributed by atoms with Gasteiger partial charge in [0.05, 0.1) is 12.2 Å². The van der Waals surface area contributed by atoms with Crippen molar-refractivity contribution in [1.29, 1.82) is 0 Å². The van der Waals surface area contributed by atoms with Gasteiger partial charge in [0.2, 0.25) is 11.8 Å². The fourth-order valence-electron chi connectivity index (χ4n) is 5.37. The zero-order chi connectivity index (χ0) is 24.6. The molecule has 36 heavy (non-hydrogen) atoms. The van der Waals surface area contributed by atoms with Crippen LogP contribution in [0.4, 0.5) is 0 Å². The van der Waals surface area contributed by atoms with Gasteiger partial charge >= 0.3 is 0 Å². The predicted octanol–water partition coefficient (Wildman–Crippen LogP) is 2.28. The SMILES string of the molecule is O=C1CCC(N2Cc3c(OCc4ccc5nc(CB6CCOCC6)cn5c4)cccc3C2=O)C(=O)N1. The first-order valence-electron chi connectivity index (χ1n) is 12.5. The van der Waals surface area contributed by atoms with E-state index in [9.17, 15) is 14.4 Å². The molecule has 1 aromatic carbocycles. The molecule has 184 valence electrons. The van der Waals surface area contributed by atoms with Gasteiger partial charge in [0.15, 0.2) is 6.71 Å². The van der Waals surface area contributed by atoms with E-state index in [2.05, 4.69) is 11.5 Å². The fourth-order valence-corrected chi connectivity index (χ4v) is 5.37. The van der Waals surface area contributed by atoms with Crippen molar-refractivity contribution in [3.8, 4) is 5.75 Å². The number of hydrogen-bond acceptors (Lipinski definition) is 6. The fraction of sp³-hybridized carbons (Fsp3) is 0.385. The number of amides is 3. The third kappa shape index (κ3) is 4.37. The summed E-state index contributed by atoms with van der Waals surface area (Å²) in [6.45, 7) is 2.91. The number of aromatic nitrogens is 2. The Labute approximate surface area is 208 Å². The van der Waals surface area contributed by atoms with Gasteiger partial charge in [0.25, 0.3) is 5.91 Å². The van der Waals surface area contributed by atoms with E-state index < -0.39 is 11.9 Å². The summed E-state index contributed by atoms with van der Waals surface area (Å²) in [5.41, 5.74) is 4.30. The summed E-state index contributed by atoms with van der Waals surface area (Å²) >= 11 is 0. The number of imidazole rings is 1. The van der Waals surface area contributed by atoms with Crippen LogP contribution in [-0.2, 0) is 33.8 Å². The Morgan fingerprint density at radius 1 is 1.11 bits per heavy atom. The first kappa shape index (κ1) is 22.8. The summed E-state index contributed by atoms with van der Waals surface area (Å²) in [5, 5.41) is 2.34. The van der Waals surface area contributed by atoms with Crippen molar-refractivity contribution in [2.24, 2.45) is 0 Å². The van der Waals surface area contributed by atoms with Crippen LogP contribution >= 0.6 is 0 Å². The monoisotopic (exact) mass is 486 g/mol. The molecular formula is C26H27BN4O5. The van der Waals surface area contributed by atoms with Crippen molar-refractivity contribution < 1.29 is 23.9 Å². The van der Waals surface area contributed by atoms with Crippen LogP contribution in [0.2, 0.25) is 12.6 Å². The van der Waals surface area contributed by atoms with Crippen LogP contribution in [-0.4, -0.2) is 58.0 Å². The molecule has 1 unspecified atom stereocenters. The molecule has 2 aromatic heterocycles. The Bertz CT molecular complexity index is 1350. The van der Waals surface area contributed by atoms with E-state index in [0.29, 0.717) is 31.1 Å². The van der Waals surface area contributed by atoms with Gasteiger partial charge in [0, 0.05) is 48.7 Å². The highest BCUT2D eigenvalue weighted by atomic mass is 16.5. The third-order valence-electron chi connectivity index (χ3n) is 7.33. The zero-order valence-electron chi connectivity index (χ0n) is 19.9. The highest BCUT2D eigenvalue weighted by Crippen LogP contribution is 2.34. The third-order valence-corrected chi connectivity index (χ3v) is 7.33. The molecule has 1 atom stereocenters. The molecule has 6 rings (SSSR count). The summed E-state index contributed by atoms with van der Waals surface area (Å²) in [5.74, 6) is -0.293. The van der Waals surface area contributed by atoms with Crippen molar-refractivity contribution in [2.75, 3.05) is 13.2 Å². The molecule has 0 spiro atoms. The molecule has 2 fully saturated rings. The van der Waals surface area contributed by atoms with Crippen LogP contribution in [0, 0.1) is 0 Å². The minimum absolute atomic E-state index is 0.207. The molecule has 0 saturated carbocycles. The second kappa shape index (κ2) is 9.42. The number of ether oxygens (including phenoxy) is 2. The summed E-state index contributed by atoms with van der Waals surface area (Å²) < 4.78 is 13.7. The van der Waals surface area contributed by atoms with Crippen LogP contribution in [0.15, 0.2) is 42.7 Å². The normalized spacial score (nSPS) is 20.1. The number of nitrogens with zero attached hydrogens (tertiary/aromatic N) is 3. The van der Waals surface area contributed by atoms with E-state index in [-0.39, 0.29) is 24.8 Å². The quantitative estimate of drug-likeness (QED) is 0.424. The molecule has 10 heteroatoms. The van der Waals surface area contributed by atoms with Gasteiger partial charge in [0.1, 0.15) is 24.0 Å². The maximum atomic E-state index is 13.0. The zero-order valence-corrected chi connectivity index (χ0v) is 19.9. The van der Waals surface area contributed by atoms with Gasteiger partial charge in [-0.3, -0.25) is 19.7 Å². The Kier molecular flexibility index (Phi) is 5.96. The van der Waals surface area contributed by atoms with Gasteiger partial charge in [-0.2, -0.15) is 0 Å². The lowest BCUT2D eigenvalue weighted by molar-refractivity contribution is -0.136. The average molecular weight is 486 g/mol. The van der Waals surface area contributed by atoms with E-state index in [1.165, 1.54) is 4.90 Å². The van der Waals surface area contributed by atoms with Crippen molar-refractivity contribution in [3.05, 3.63) is 65.1 Å². The summed E-state index contributed by atoms with van der Waals surface area (Å²) in [4.78, 5) is 43.2. The summed E-state index contributed by atoms with van der Waals surface area (Å²) in [6, 6.07) is 8.76. The van der Waals surface area contributed by atoms with E-state index in [0.717, 1.165) is 54.6 Å². The standard InChI is InChI=1S/C26H27BN4O5/c32-24-7-5-21(25(33)29-24)31-15-20-19(26(31)34)2-1-3-22(20)36-16-17-4-6-23-28-18(14-30(23)13-17)12-27-8-10-35-11-9-27/h1-4,6,13-14,21H,5,7-12,15-16H2,(H,29,32,33). The lowest BCUT2D eigenvalue weighted by Gasteiger charge is -2.29. The molecule has 0 bridgehead atoms. The molecule has 3 aromatic rings. The summed E-state index contributed by atoms with van der Waals surface area (Å²) in [6.07, 6.45) is 7.81. The van der Waals surface area contributed by atoms with Gasteiger partial charge < -0.3 is 18.8 Å². The van der Waals surface area contributed by atoms with Gasteiger partial charge in [-0.05, 0) is 30.9 Å². The second-order valence-electron chi connectivity index (χ2n) is 9.77. The number of pyridine rings is 1. The van der Waals surface area contributed by atoms with Crippen molar-refractivity contribution >= 4 is 30.1 Å². The first-order valence-corrected chi connectivity index (χ1v) is 12.5. The molecule has 3 amide bonds. The lowest BCUT2D eigenvalue weighted by Crippen LogP contribution is -2.52. The molecule has 3 aliphatic rings. The maximum Gasteiger partial charge on any atom is 0.255 e. The highest BCUT2D eigenvalue weighted by molar-refractivity contribution is 6.58. The topological polar surface area (TPSA) is 102 Å². The Morgan fingerprint density at radius 2 is 1.97 bits per heavy atom. The minimum Gasteiger partial charge on any atom is -0.488 e. The number of carbonyl (C=O) groups excluding carboxylic acids is 3. The van der Waals surface area contributed by atoms with Gasteiger partial charge in [-0.1, -0.05) is 24.8 Å². The molecule has 3 aliphatic heterocycles. The van der Waals surface area contributed by atoms with Crippen molar-refractivity contribution in [3.63, 3.8) is 0 Å². The molecule has 0 radical (unpaired) electrons. The lowest BCUT2D eigenvalue weighted by atomic mass is 9.42. The number of imide groups is 1. The average Bonchev–Trinajstić information content (AvgIpc) is 3.43. The maximum absolute atomic E-state index is 13.0. The number of piperidine rings is 1. The number of carbonyl (C=O) groups is 3. The molecule has 2 saturated heterocycles. The van der Waals surface area contributed by atoms with Crippen molar-refractivity contribution in [2.45, 2.75) is 51.0 Å². The molecule has 5 heterocycles. The Balaban J connectivity index is 1.15. The molecular weight excluding hydrogens is 459 g/mol. The smallest absolute Gasteiger partial charge is 0.255 e. The number of fused-ring (bicyclic) bond motifs is 2. The van der Waals surface area contributed by atoms with Gasteiger partial charge in [-0.15, -0.1) is 0 Å². The van der Waals surface area contributed by atoms with Crippen LogP contribution < -0.4 is 10.1 Å². The van der Waals surface area contributed by atoms with Crippen LogP contribution in [0.1, 0.15) is 40.0 Å². The van der Waals surface area contributed by atoms with Crippen LogP contribution in [0.25, 0.3) is 5.65 Å². The number of hydrogen-bond donors (Lipinski definition) is 1. The van der Waals surface area contributed by atoms with Crippen molar-refractivity contribution in [1.82, 2.24) is 19.6 Å². The number of benzene rings is 1. The molecule has 1 N–H and O–H groups in total. The van der Waals surface area contributed by atoms with E-state index in [4.69, 9.17) is 14.5 Å². The van der Waals surface area contributed by atoms with Crippen LogP contribution in [0.3, 0.4) is 0 Å². The van der Waals surface area contributed by atoms with E-state index in [1.54, 1.807) is 12.1 Å². The highest BCUT2D eigenvalue weighted by Gasteiger charge is 2.40. The number of nitrogens with one attached hydrogen (secondary N) is 1. The molecule has 0 aliphatic carbocycles.